The van der Waals surface area contributed by atoms with Crippen LogP contribution in [0.3, 0.4) is 0 Å². The molecule has 0 radical (unpaired) electrons. The average molecular weight is 270 g/mol. The molecule has 0 aliphatic carbocycles. The number of Topliss-reactive ketones (excluding diaryl/α,β-unsaturated/α-hetero) is 1. The Morgan fingerprint density at radius 3 is 2.39 bits per heavy atom. The summed E-state index contributed by atoms with van der Waals surface area (Å²) in [5.41, 5.74) is 0.539. The monoisotopic (exact) mass is 270 g/mol. The molecule has 0 aromatic heterocycles. The van der Waals surface area contributed by atoms with E-state index in [-0.39, 0.29) is 17.1 Å². The number of ketones is 1. The third-order valence-electron chi connectivity index (χ3n) is 2.24. The Kier molecular flexibility index (Phi) is 4.24. The van der Waals surface area contributed by atoms with Gasteiger partial charge in [0.15, 0.2) is 9.84 Å². The van der Waals surface area contributed by atoms with Crippen LogP contribution in [-0.2, 0) is 19.4 Å². The van der Waals surface area contributed by atoms with Crippen molar-refractivity contribution in [2.75, 3.05) is 12.9 Å². The predicted octanol–water partition coefficient (Wildman–Crippen LogP) is 1.14. The van der Waals surface area contributed by atoms with Crippen LogP contribution in [0.1, 0.15) is 22.8 Å². The van der Waals surface area contributed by atoms with Gasteiger partial charge in [0, 0.05) is 11.8 Å². The quantitative estimate of drug-likeness (QED) is 0.466. The van der Waals surface area contributed by atoms with Gasteiger partial charge in [-0.25, -0.2) is 13.2 Å². The van der Waals surface area contributed by atoms with E-state index in [1.54, 1.807) is 19.9 Å². The molecule has 6 heteroatoms. The van der Waals surface area contributed by atoms with Gasteiger partial charge in [-0.05, 0) is 31.5 Å². The molecule has 98 valence electrons. The van der Waals surface area contributed by atoms with Gasteiger partial charge in [-0.1, -0.05) is 6.07 Å². The lowest BCUT2D eigenvalue weighted by Crippen LogP contribution is -2.20. The number of hydrogen-bond acceptors (Lipinski definition) is 5. The Hall–Kier alpha value is -1.69. The van der Waals surface area contributed by atoms with Crippen molar-refractivity contribution in [1.82, 2.24) is 0 Å². The first kappa shape index (κ1) is 14.4. The summed E-state index contributed by atoms with van der Waals surface area (Å²) in [5.74, 6) is -2.00. The molecule has 18 heavy (non-hydrogen) atoms. The molecule has 0 fully saturated rings. The van der Waals surface area contributed by atoms with E-state index >= 15 is 0 Å². The molecule has 1 rings (SSSR count). The molecule has 0 N–H and O–H groups in total. The number of carbonyl (C=O) groups excluding carboxylic acids is 2. The van der Waals surface area contributed by atoms with E-state index < -0.39 is 21.6 Å². The van der Waals surface area contributed by atoms with Crippen LogP contribution in [0.5, 0.6) is 0 Å². The Bertz CT molecular complexity index is 586. The Labute approximate surface area is 106 Å². The van der Waals surface area contributed by atoms with Gasteiger partial charge in [0.05, 0.1) is 11.5 Å². The van der Waals surface area contributed by atoms with Crippen LogP contribution in [-0.4, -0.2) is 33.0 Å². The molecule has 0 unspecified atom stereocenters. The fourth-order valence-electron chi connectivity index (χ4n) is 1.43. The van der Waals surface area contributed by atoms with Gasteiger partial charge in [-0.15, -0.1) is 0 Å². The van der Waals surface area contributed by atoms with E-state index in [1.807, 2.05) is 0 Å². The largest absolute Gasteiger partial charge is 0.460 e. The molecule has 0 amide bonds. The molecular formula is C12H14O5S. The topological polar surface area (TPSA) is 77.5 Å². The third-order valence-corrected chi connectivity index (χ3v) is 3.38. The highest BCUT2D eigenvalue weighted by molar-refractivity contribution is 7.90. The number of carbonyl (C=O) groups is 2. The van der Waals surface area contributed by atoms with Gasteiger partial charge in [-0.2, -0.15) is 0 Å². The van der Waals surface area contributed by atoms with Crippen LogP contribution >= 0.6 is 0 Å². The molecule has 0 heterocycles. The van der Waals surface area contributed by atoms with Gasteiger partial charge >= 0.3 is 5.97 Å². The van der Waals surface area contributed by atoms with E-state index in [1.165, 1.54) is 12.1 Å². The van der Waals surface area contributed by atoms with E-state index in [0.717, 1.165) is 6.26 Å². The van der Waals surface area contributed by atoms with Gasteiger partial charge in [0.25, 0.3) is 5.78 Å². The molecule has 1 aromatic rings. The Balaban J connectivity index is 3.34. The number of sulfone groups is 1. The van der Waals surface area contributed by atoms with Gasteiger partial charge in [-0.3, -0.25) is 4.79 Å². The van der Waals surface area contributed by atoms with Crippen LogP contribution in [0.15, 0.2) is 23.1 Å². The van der Waals surface area contributed by atoms with E-state index in [4.69, 9.17) is 0 Å². The van der Waals surface area contributed by atoms with Crippen molar-refractivity contribution in [3.05, 3.63) is 29.3 Å². The summed E-state index contributed by atoms with van der Waals surface area (Å²) in [6, 6.07) is 4.26. The lowest BCUT2D eigenvalue weighted by atomic mass is 10.1. The summed E-state index contributed by atoms with van der Waals surface area (Å²) >= 11 is 0. The maximum Gasteiger partial charge on any atom is 0.379 e. The zero-order valence-corrected chi connectivity index (χ0v) is 11.2. The Morgan fingerprint density at radius 1 is 1.28 bits per heavy atom. The number of hydrogen-bond donors (Lipinski definition) is 0. The second kappa shape index (κ2) is 5.30. The van der Waals surface area contributed by atoms with Crippen molar-refractivity contribution >= 4 is 21.6 Å². The first-order valence-electron chi connectivity index (χ1n) is 5.29. The van der Waals surface area contributed by atoms with Crippen molar-refractivity contribution in [1.29, 1.82) is 0 Å². The fourth-order valence-corrected chi connectivity index (χ4v) is 2.39. The maximum absolute atomic E-state index is 11.8. The summed E-state index contributed by atoms with van der Waals surface area (Å²) in [6.45, 7) is 3.33. The molecule has 0 saturated carbocycles. The number of rotatable bonds is 4. The summed E-state index contributed by atoms with van der Waals surface area (Å²) in [5, 5.41) is 0. The summed E-state index contributed by atoms with van der Waals surface area (Å²) in [7, 11) is -3.58. The van der Waals surface area contributed by atoms with Crippen LogP contribution in [0, 0.1) is 6.92 Å². The molecule has 0 bridgehead atoms. The van der Waals surface area contributed by atoms with Crippen LogP contribution in [0.25, 0.3) is 0 Å². The molecule has 5 nitrogen and oxygen atoms in total. The molecule has 0 saturated heterocycles. The smallest absolute Gasteiger partial charge is 0.379 e. The lowest BCUT2D eigenvalue weighted by molar-refractivity contribution is -0.137. The minimum absolute atomic E-state index is 0.0602. The highest BCUT2D eigenvalue weighted by Gasteiger charge is 2.24. The fraction of sp³-hybridized carbons (Fsp3) is 0.333. The third kappa shape index (κ3) is 3.16. The summed E-state index contributed by atoms with van der Waals surface area (Å²) in [4.78, 5) is 23.0. The minimum atomic E-state index is -3.58. The second-order valence-corrected chi connectivity index (χ2v) is 5.81. The normalized spacial score (nSPS) is 11.1. The molecule has 0 aliphatic heterocycles. The number of esters is 1. The summed E-state index contributed by atoms with van der Waals surface area (Å²) in [6.07, 6.45) is 0.990. The van der Waals surface area contributed by atoms with Gasteiger partial charge in [0.1, 0.15) is 0 Å². The van der Waals surface area contributed by atoms with Crippen LogP contribution in [0.4, 0.5) is 0 Å². The summed E-state index contributed by atoms with van der Waals surface area (Å²) < 4.78 is 27.7. The van der Waals surface area contributed by atoms with Crippen LogP contribution < -0.4 is 0 Å². The van der Waals surface area contributed by atoms with Crippen LogP contribution in [0.2, 0.25) is 0 Å². The highest BCUT2D eigenvalue weighted by atomic mass is 32.2. The number of aryl methyl sites for hydroxylation is 1. The predicted molar refractivity (Wildman–Crippen MR) is 65.3 cm³/mol. The van der Waals surface area contributed by atoms with Crippen molar-refractivity contribution in [3.63, 3.8) is 0 Å². The molecular weight excluding hydrogens is 256 g/mol. The van der Waals surface area contributed by atoms with Crippen molar-refractivity contribution in [2.45, 2.75) is 18.7 Å². The zero-order valence-electron chi connectivity index (χ0n) is 10.4. The van der Waals surface area contributed by atoms with E-state index in [2.05, 4.69) is 4.74 Å². The standard InChI is InChI=1S/C12H14O5S/c1-4-17-12(14)11(13)9-6-5-8(2)7-10(9)18(3,15)16/h5-7H,4H2,1-3H3. The number of benzene rings is 1. The van der Waals surface area contributed by atoms with Gasteiger partial charge < -0.3 is 4.74 Å². The van der Waals surface area contributed by atoms with E-state index in [0.29, 0.717) is 5.56 Å². The highest BCUT2D eigenvalue weighted by Crippen LogP contribution is 2.18. The minimum Gasteiger partial charge on any atom is -0.460 e. The van der Waals surface area contributed by atoms with Crippen molar-refractivity contribution in [3.8, 4) is 0 Å². The molecule has 0 atom stereocenters. The van der Waals surface area contributed by atoms with E-state index in [9.17, 15) is 18.0 Å². The number of ether oxygens (including phenoxy) is 1. The zero-order chi connectivity index (χ0) is 13.9. The molecule has 0 aliphatic rings. The Morgan fingerprint density at radius 2 is 1.89 bits per heavy atom. The van der Waals surface area contributed by atoms with Crippen molar-refractivity contribution < 1.29 is 22.7 Å². The molecule has 1 aromatic carbocycles. The maximum atomic E-state index is 11.8. The lowest BCUT2D eigenvalue weighted by Gasteiger charge is -2.07. The van der Waals surface area contributed by atoms with Crippen molar-refractivity contribution in [2.24, 2.45) is 0 Å². The first-order valence-corrected chi connectivity index (χ1v) is 7.18. The average Bonchev–Trinajstić information content (AvgIpc) is 2.27. The first-order chi connectivity index (χ1) is 8.27. The SMILES string of the molecule is CCOC(=O)C(=O)c1ccc(C)cc1S(C)(=O)=O. The second-order valence-electron chi connectivity index (χ2n) is 3.82. The van der Waals surface area contributed by atoms with Gasteiger partial charge in [0.2, 0.25) is 0 Å². The molecule has 0 spiro atoms.